The summed E-state index contributed by atoms with van der Waals surface area (Å²) >= 11 is 7.48. The molecule has 6 nitrogen and oxygen atoms in total. The van der Waals surface area contributed by atoms with Crippen LogP contribution in [0, 0.1) is 6.92 Å². The number of nitrogens with zero attached hydrogens (tertiary/aromatic N) is 3. The summed E-state index contributed by atoms with van der Waals surface area (Å²) in [5, 5.41) is 12.4. The van der Waals surface area contributed by atoms with E-state index >= 15 is 0 Å². The van der Waals surface area contributed by atoms with Crippen LogP contribution >= 0.6 is 23.4 Å². The third-order valence-electron chi connectivity index (χ3n) is 4.55. The fourth-order valence-corrected chi connectivity index (χ4v) is 3.92. The molecule has 1 N–H and O–H groups in total. The summed E-state index contributed by atoms with van der Waals surface area (Å²) in [6.07, 6.45) is 1.77. The maximum atomic E-state index is 12.8. The first-order chi connectivity index (χ1) is 14.5. The van der Waals surface area contributed by atoms with E-state index in [0.29, 0.717) is 34.0 Å². The van der Waals surface area contributed by atoms with Gasteiger partial charge in [0.2, 0.25) is 5.91 Å². The Labute approximate surface area is 185 Å². The van der Waals surface area contributed by atoms with Gasteiger partial charge in [-0.05, 0) is 43.7 Å². The highest BCUT2D eigenvalue weighted by atomic mass is 35.5. The van der Waals surface area contributed by atoms with E-state index in [-0.39, 0.29) is 5.91 Å². The number of carbonyl (C=O) groups is 1. The molecule has 8 heteroatoms. The molecule has 0 bridgehead atoms. The van der Waals surface area contributed by atoms with Crippen molar-refractivity contribution in [3.8, 4) is 17.1 Å². The molecule has 3 aromatic rings. The van der Waals surface area contributed by atoms with Crippen molar-refractivity contribution in [3.05, 3.63) is 65.7 Å². The third kappa shape index (κ3) is 4.68. The van der Waals surface area contributed by atoms with Crippen LogP contribution in [0.3, 0.4) is 0 Å². The fraction of sp³-hybridized carbons (Fsp3) is 0.227. The molecular weight excluding hydrogens is 420 g/mol. The number of ether oxygens (including phenoxy) is 1. The predicted molar refractivity (Wildman–Crippen MR) is 122 cm³/mol. The number of methoxy groups -OCH3 is 1. The SMILES string of the molecule is C=CCn1c(SC(C)C(=O)Nc2cccc(Cl)c2C)nnc1-c1ccccc1OC. The number of thioether (sulfide) groups is 1. The normalized spacial score (nSPS) is 11.7. The molecule has 0 aliphatic carbocycles. The Balaban J connectivity index is 1.84. The number of hydrogen-bond donors (Lipinski definition) is 1. The Morgan fingerprint density at radius 3 is 2.80 bits per heavy atom. The van der Waals surface area contributed by atoms with Crippen LogP contribution < -0.4 is 10.1 Å². The summed E-state index contributed by atoms with van der Waals surface area (Å²) in [4.78, 5) is 12.8. The van der Waals surface area contributed by atoms with Gasteiger partial charge in [0.15, 0.2) is 11.0 Å². The number of rotatable bonds is 8. The molecule has 1 heterocycles. The van der Waals surface area contributed by atoms with E-state index in [1.807, 2.05) is 54.8 Å². The predicted octanol–water partition coefficient (Wildman–Crippen LogP) is 5.22. The van der Waals surface area contributed by atoms with Crippen molar-refractivity contribution in [1.29, 1.82) is 0 Å². The van der Waals surface area contributed by atoms with Crippen LogP contribution in [0.2, 0.25) is 5.02 Å². The number of benzene rings is 2. The molecule has 1 unspecified atom stereocenters. The zero-order chi connectivity index (χ0) is 21.7. The Kier molecular flexibility index (Phi) is 7.18. The molecule has 1 atom stereocenters. The minimum absolute atomic E-state index is 0.141. The van der Waals surface area contributed by atoms with Crippen molar-refractivity contribution in [2.75, 3.05) is 12.4 Å². The summed E-state index contributed by atoms with van der Waals surface area (Å²) in [5.41, 5.74) is 2.35. The van der Waals surface area contributed by atoms with Gasteiger partial charge < -0.3 is 10.1 Å². The number of allylic oxidation sites excluding steroid dienone is 1. The van der Waals surface area contributed by atoms with Crippen LogP contribution in [0.1, 0.15) is 12.5 Å². The Morgan fingerprint density at radius 1 is 1.30 bits per heavy atom. The largest absolute Gasteiger partial charge is 0.496 e. The molecule has 0 aliphatic heterocycles. The molecule has 2 aromatic carbocycles. The Hall–Kier alpha value is -2.77. The van der Waals surface area contributed by atoms with E-state index in [0.717, 1.165) is 11.1 Å². The first-order valence-corrected chi connectivity index (χ1v) is 10.6. The number of anilines is 1. The maximum absolute atomic E-state index is 12.8. The number of para-hydroxylation sites is 1. The van der Waals surface area contributed by atoms with Gasteiger partial charge in [-0.15, -0.1) is 16.8 Å². The van der Waals surface area contributed by atoms with Crippen LogP contribution in [-0.2, 0) is 11.3 Å². The lowest BCUT2D eigenvalue weighted by molar-refractivity contribution is -0.115. The van der Waals surface area contributed by atoms with Gasteiger partial charge in [0.25, 0.3) is 0 Å². The molecule has 0 saturated heterocycles. The van der Waals surface area contributed by atoms with Crippen LogP contribution in [0.25, 0.3) is 11.4 Å². The molecule has 3 rings (SSSR count). The van der Waals surface area contributed by atoms with E-state index in [4.69, 9.17) is 16.3 Å². The second-order valence-electron chi connectivity index (χ2n) is 6.57. The smallest absolute Gasteiger partial charge is 0.237 e. The van der Waals surface area contributed by atoms with Gasteiger partial charge >= 0.3 is 0 Å². The molecule has 0 fully saturated rings. The zero-order valence-corrected chi connectivity index (χ0v) is 18.6. The zero-order valence-electron chi connectivity index (χ0n) is 17.1. The molecule has 0 radical (unpaired) electrons. The summed E-state index contributed by atoms with van der Waals surface area (Å²) in [5.74, 6) is 1.22. The summed E-state index contributed by atoms with van der Waals surface area (Å²) in [6, 6.07) is 13.0. The highest BCUT2D eigenvalue weighted by molar-refractivity contribution is 8.00. The molecule has 1 amide bonds. The average Bonchev–Trinajstić information content (AvgIpc) is 3.13. The lowest BCUT2D eigenvalue weighted by atomic mass is 10.2. The third-order valence-corrected chi connectivity index (χ3v) is 6.04. The molecule has 0 aliphatic rings. The minimum Gasteiger partial charge on any atom is -0.496 e. The number of carbonyl (C=O) groups excluding carboxylic acids is 1. The highest BCUT2D eigenvalue weighted by Gasteiger charge is 2.22. The van der Waals surface area contributed by atoms with Gasteiger partial charge in [0, 0.05) is 17.3 Å². The second kappa shape index (κ2) is 9.82. The Morgan fingerprint density at radius 2 is 2.07 bits per heavy atom. The highest BCUT2D eigenvalue weighted by Crippen LogP contribution is 2.32. The van der Waals surface area contributed by atoms with Crippen molar-refractivity contribution in [2.45, 2.75) is 30.8 Å². The monoisotopic (exact) mass is 442 g/mol. The standard InChI is InChI=1S/C22H23ClN4O2S/c1-5-13-27-20(16-9-6-7-12-19(16)29-4)25-26-22(27)30-15(3)21(28)24-18-11-8-10-17(23)14(18)2/h5-12,15H,1,13H2,2-4H3,(H,24,28). The average molecular weight is 443 g/mol. The number of nitrogens with one attached hydrogen (secondary N) is 1. The summed E-state index contributed by atoms with van der Waals surface area (Å²) in [6.45, 7) is 8.04. The first-order valence-electron chi connectivity index (χ1n) is 9.36. The van der Waals surface area contributed by atoms with Gasteiger partial charge in [0.1, 0.15) is 5.75 Å². The van der Waals surface area contributed by atoms with Gasteiger partial charge in [0.05, 0.1) is 17.9 Å². The van der Waals surface area contributed by atoms with Gasteiger partial charge in [-0.1, -0.05) is 47.6 Å². The lowest BCUT2D eigenvalue weighted by Crippen LogP contribution is -2.23. The van der Waals surface area contributed by atoms with E-state index in [1.165, 1.54) is 11.8 Å². The van der Waals surface area contributed by atoms with Crippen LogP contribution in [0.5, 0.6) is 5.75 Å². The molecule has 156 valence electrons. The van der Waals surface area contributed by atoms with Crippen molar-refractivity contribution in [2.24, 2.45) is 0 Å². The van der Waals surface area contributed by atoms with Crippen LogP contribution in [0.4, 0.5) is 5.69 Å². The van der Waals surface area contributed by atoms with Gasteiger partial charge in [-0.3, -0.25) is 9.36 Å². The fourth-order valence-electron chi connectivity index (χ4n) is 2.89. The van der Waals surface area contributed by atoms with E-state index in [1.54, 1.807) is 19.3 Å². The molecule has 0 saturated carbocycles. The number of halogens is 1. The maximum Gasteiger partial charge on any atom is 0.237 e. The van der Waals surface area contributed by atoms with E-state index in [9.17, 15) is 4.79 Å². The summed E-state index contributed by atoms with van der Waals surface area (Å²) < 4.78 is 7.38. The van der Waals surface area contributed by atoms with E-state index < -0.39 is 5.25 Å². The first kappa shape index (κ1) is 21.9. The van der Waals surface area contributed by atoms with Crippen molar-refractivity contribution in [1.82, 2.24) is 14.8 Å². The molecule has 30 heavy (non-hydrogen) atoms. The van der Waals surface area contributed by atoms with Crippen LogP contribution in [-0.4, -0.2) is 33.0 Å². The summed E-state index contributed by atoms with van der Waals surface area (Å²) in [7, 11) is 1.62. The Bertz CT molecular complexity index is 1070. The number of amides is 1. The quantitative estimate of drug-likeness (QED) is 0.382. The minimum atomic E-state index is -0.401. The van der Waals surface area contributed by atoms with Crippen molar-refractivity contribution in [3.63, 3.8) is 0 Å². The van der Waals surface area contributed by atoms with Crippen molar-refractivity contribution < 1.29 is 9.53 Å². The lowest BCUT2D eigenvalue weighted by Gasteiger charge is -2.15. The topological polar surface area (TPSA) is 69.0 Å². The van der Waals surface area contributed by atoms with Gasteiger partial charge in [-0.25, -0.2) is 0 Å². The molecule has 1 aromatic heterocycles. The van der Waals surface area contributed by atoms with Gasteiger partial charge in [-0.2, -0.15) is 0 Å². The molecule has 0 spiro atoms. The second-order valence-corrected chi connectivity index (χ2v) is 8.28. The number of hydrogen-bond acceptors (Lipinski definition) is 5. The number of aromatic nitrogens is 3. The van der Waals surface area contributed by atoms with Crippen molar-refractivity contribution >= 4 is 35.0 Å². The van der Waals surface area contributed by atoms with Crippen LogP contribution in [0.15, 0.2) is 60.3 Å². The molecular formula is C22H23ClN4O2S. The van der Waals surface area contributed by atoms with E-state index in [2.05, 4.69) is 22.1 Å².